The Morgan fingerprint density at radius 3 is 2.19 bits per heavy atom. The van der Waals surface area contributed by atoms with Crippen LogP contribution in [-0.4, -0.2) is 18.4 Å². The molecule has 0 aliphatic heterocycles. The highest BCUT2D eigenvalue weighted by molar-refractivity contribution is 5.96. The summed E-state index contributed by atoms with van der Waals surface area (Å²) in [5.41, 5.74) is -1.99. The summed E-state index contributed by atoms with van der Waals surface area (Å²) in [4.78, 5) is 12.6. The Kier molecular flexibility index (Phi) is 6.15. The van der Waals surface area contributed by atoms with Crippen molar-refractivity contribution >= 4 is 5.97 Å². The standard InChI is InChI=1S/C20H21F3O4/c1-13-15(20(21,22)23)10-11-16(25-12-26-19(2,3)4)17(13)18(24)27-14-8-6-5-7-9-14/h5-11H,12H2,1-4H3. The van der Waals surface area contributed by atoms with Crippen LogP contribution in [0.15, 0.2) is 42.5 Å². The average molecular weight is 382 g/mol. The summed E-state index contributed by atoms with van der Waals surface area (Å²) in [6.07, 6.45) is -4.60. The van der Waals surface area contributed by atoms with Crippen molar-refractivity contribution in [3.05, 3.63) is 59.2 Å². The van der Waals surface area contributed by atoms with Crippen molar-refractivity contribution in [2.45, 2.75) is 39.5 Å². The molecule has 0 saturated carbocycles. The monoisotopic (exact) mass is 382 g/mol. The summed E-state index contributed by atoms with van der Waals surface area (Å²) in [6.45, 7) is 6.40. The summed E-state index contributed by atoms with van der Waals surface area (Å²) in [7, 11) is 0. The zero-order valence-corrected chi connectivity index (χ0v) is 15.5. The number of alkyl halides is 3. The molecule has 7 heteroatoms. The van der Waals surface area contributed by atoms with Gasteiger partial charge in [-0.1, -0.05) is 18.2 Å². The predicted molar refractivity (Wildman–Crippen MR) is 93.9 cm³/mol. The van der Waals surface area contributed by atoms with E-state index in [1.54, 1.807) is 39.0 Å². The maximum Gasteiger partial charge on any atom is 0.416 e. The van der Waals surface area contributed by atoms with Crippen molar-refractivity contribution < 1.29 is 32.2 Å². The van der Waals surface area contributed by atoms with Crippen molar-refractivity contribution in [1.82, 2.24) is 0 Å². The van der Waals surface area contributed by atoms with E-state index in [2.05, 4.69) is 0 Å². The van der Waals surface area contributed by atoms with Gasteiger partial charge in [-0.15, -0.1) is 0 Å². The topological polar surface area (TPSA) is 44.8 Å². The highest BCUT2D eigenvalue weighted by atomic mass is 19.4. The molecule has 2 aromatic carbocycles. The lowest BCUT2D eigenvalue weighted by atomic mass is 10.0. The molecule has 0 spiro atoms. The Balaban J connectivity index is 2.38. The molecule has 2 aromatic rings. The highest BCUT2D eigenvalue weighted by Gasteiger charge is 2.35. The van der Waals surface area contributed by atoms with Gasteiger partial charge in [0.25, 0.3) is 0 Å². The summed E-state index contributed by atoms with van der Waals surface area (Å²) >= 11 is 0. The number of benzene rings is 2. The Morgan fingerprint density at radius 2 is 1.63 bits per heavy atom. The van der Waals surface area contributed by atoms with Crippen LogP contribution in [0.4, 0.5) is 13.2 Å². The fraction of sp³-hybridized carbons (Fsp3) is 0.350. The lowest BCUT2D eigenvalue weighted by Crippen LogP contribution is -2.23. The van der Waals surface area contributed by atoms with Crippen LogP contribution in [-0.2, 0) is 10.9 Å². The lowest BCUT2D eigenvalue weighted by molar-refractivity contribution is -0.138. The van der Waals surface area contributed by atoms with Gasteiger partial charge in [0.2, 0.25) is 0 Å². The van der Waals surface area contributed by atoms with Crippen LogP contribution < -0.4 is 9.47 Å². The molecule has 146 valence electrons. The minimum Gasteiger partial charge on any atom is -0.467 e. The number of carbonyl (C=O) groups is 1. The summed E-state index contributed by atoms with van der Waals surface area (Å²) < 4.78 is 55.8. The van der Waals surface area contributed by atoms with Crippen molar-refractivity contribution in [2.24, 2.45) is 0 Å². The van der Waals surface area contributed by atoms with Gasteiger partial charge in [-0.25, -0.2) is 4.79 Å². The predicted octanol–water partition coefficient (Wildman–Crippen LogP) is 5.38. The smallest absolute Gasteiger partial charge is 0.416 e. The fourth-order valence-corrected chi connectivity index (χ4v) is 2.28. The molecule has 0 aliphatic rings. The summed E-state index contributed by atoms with van der Waals surface area (Å²) in [5.74, 6) is -0.752. The zero-order valence-electron chi connectivity index (χ0n) is 15.5. The normalized spacial score (nSPS) is 12.0. The van der Waals surface area contributed by atoms with Crippen LogP contribution in [0.1, 0.15) is 42.3 Å². The van der Waals surface area contributed by atoms with E-state index >= 15 is 0 Å². The quantitative estimate of drug-likeness (QED) is 0.395. The molecule has 0 fully saturated rings. The third kappa shape index (κ3) is 5.72. The molecule has 2 rings (SSSR count). The number of hydrogen-bond acceptors (Lipinski definition) is 4. The molecule has 0 aromatic heterocycles. The molecule has 0 atom stereocenters. The summed E-state index contributed by atoms with van der Waals surface area (Å²) in [6, 6.07) is 10.1. The first kappa shape index (κ1) is 20.8. The van der Waals surface area contributed by atoms with Crippen LogP contribution in [0, 0.1) is 6.92 Å². The second kappa shape index (κ2) is 8.00. The first-order chi connectivity index (χ1) is 12.5. The van der Waals surface area contributed by atoms with Gasteiger partial charge in [0.1, 0.15) is 17.1 Å². The van der Waals surface area contributed by atoms with Crippen molar-refractivity contribution in [2.75, 3.05) is 6.79 Å². The molecule has 0 saturated heterocycles. The highest BCUT2D eigenvalue weighted by Crippen LogP contribution is 2.37. The minimum absolute atomic E-state index is 0.0364. The van der Waals surface area contributed by atoms with Gasteiger partial charge in [-0.3, -0.25) is 0 Å². The van der Waals surface area contributed by atoms with Gasteiger partial charge < -0.3 is 14.2 Å². The Labute approximate surface area is 155 Å². The largest absolute Gasteiger partial charge is 0.467 e. The first-order valence-electron chi connectivity index (χ1n) is 8.24. The van der Waals surface area contributed by atoms with E-state index in [1.165, 1.54) is 19.1 Å². The molecule has 0 bridgehead atoms. The number of halogens is 3. The molecule has 0 heterocycles. The van der Waals surface area contributed by atoms with Crippen LogP contribution in [0.5, 0.6) is 11.5 Å². The second-order valence-electron chi connectivity index (χ2n) is 6.83. The molecule has 27 heavy (non-hydrogen) atoms. The number of rotatable bonds is 5. The van der Waals surface area contributed by atoms with Crippen LogP contribution in [0.2, 0.25) is 0 Å². The van der Waals surface area contributed by atoms with Gasteiger partial charge in [-0.2, -0.15) is 13.2 Å². The third-order valence-corrected chi connectivity index (χ3v) is 3.60. The fourth-order valence-electron chi connectivity index (χ4n) is 2.28. The van der Waals surface area contributed by atoms with Crippen molar-refractivity contribution in [1.29, 1.82) is 0 Å². The molecule has 0 aliphatic carbocycles. The van der Waals surface area contributed by atoms with Crippen LogP contribution >= 0.6 is 0 Å². The minimum atomic E-state index is -4.60. The van der Waals surface area contributed by atoms with E-state index in [4.69, 9.17) is 14.2 Å². The van der Waals surface area contributed by atoms with Gasteiger partial charge >= 0.3 is 12.1 Å². The lowest BCUT2D eigenvalue weighted by Gasteiger charge is -2.21. The van der Waals surface area contributed by atoms with Crippen LogP contribution in [0.3, 0.4) is 0 Å². The molecular weight excluding hydrogens is 361 g/mol. The SMILES string of the molecule is Cc1c(C(F)(F)F)ccc(OCOC(C)(C)C)c1C(=O)Oc1ccccc1. The number of ether oxygens (including phenoxy) is 3. The zero-order chi connectivity index (χ0) is 20.2. The van der Waals surface area contributed by atoms with E-state index in [0.717, 1.165) is 12.1 Å². The molecular formula is C20H21F3O4. The maximum absolute atomic E-state index is 13.2. The average Bonchev–Trinajstić information content (AvgIpc) is 2.53. The molecule has 0 unspecified atom stereocenters. The van der Waals surface area contributed by atoms with E-state index in [9.17, 15) is 18.0 Å². The number of carbonyl (C=O) groups excluding carboxylic acids is 1. The third-order valence-electron chi connectivity index (χ3n) is 3.60. The van der Waals surface area contributed by atoms with Gasteiger partial charge in [0.15, 0.2) is 6.79 Å². The van der Waals surface area contributed by atoms with E-state index in [-0.39, 0.29) is 29.4 Å². The van der Waals surface area contributed by atoms with Gasteiger partial charge in [-0.05, 0) is 57.5 Å². The molecule has 0 amide bonds. The Hall–Kier alpha value is -2.54. The van der Waals surface area contributed by atoms with Crippen molar-refractivity contribution in [3.8, 4) is 11.5 Å². The van der Waals surface area contributed by atoms with Gasteiger partial charge in [0, 0.05) is 0 Å². The number of para-hydroxylation sites is 1. The maximum atomic E-state index is 13.2. The number of esters is 1. The molecule has 0 N–H and O–H groups in total. The van der Waals surface area contributed by atoms with Crippen LogP contribution in [0.25, 0.3) is 0 Å². The number of hydrogen-bond donors (Lipinski definition) is 0. The Bertz CT molecular complexity index is 793. The Morgan fingerprint density at radius 1 is 1.00 bits per heavy atom. The van der Waals surface area contributed by atoms with E-state index in [0.29, 0.717) is 0 Å². The molecule has 4 nitrogen and oxygen atoms in total. The second-order valence-corrected chi connectivity index (χ2v) is 6.83. The first-order valence-corrected chi connectivity index (χ1v) is 8.24. The summed E-state index contributed by atoms with van der Waals surface area (Å²) in [5, 5.41) is 0. The van der Waals surface area contributed by atoms with Gasteiger partial charge in [0.05, 0.1) is 11.2 Å². The van der Waals surface area contributed by atoms with E-state index < -0.39 is 23.3 Å². The molecule has 0 radical (unpaired) electrons. The van der Waals surface area contributed by atoms with E-state index in [1.807, 2.05) is 0 Å². The van der Waals surface area contributed by atoms with Crippen molar-refractivity contribution in [3.63, 3.8) is 0 Å².